The summed E-state index contributed by atoms with van der Waals surface area (Å²) in [6.45, 7) is 2.69. The Morgan fingerprint density at radius 2 is 2.19 bits per heavy atom. The lowest BCUT2D eigenvalue weighted by atomic mass is 10.5. The van der Waals surface area contributed by atoms with Crippen LogP contribution >= 0.6 is 11.8 Å². The lowest BCUT2D eigenvalue weighted by Gasteiger charge is -2.06. The van der Waals surface area contributed by atoms with E-state index in [-0.39, 0.29) is 0 Å². The van der Waals surface area contributed by atoms with Gasteiger partial charge < -0.3 is 5.32 Å². The molecular weight excluding hydrogens is 288 g/mol. The van der Waals surface area contributed by atoms with Gasteiger partial charge in [-0.05, 0) is 30.8 Å². The third-order valence-electron chi connectivity index (χ3n) is 2.40. The van der Waals surface area contributed by atoms with Crippen LogP contribution in [0.3, 0.4) is 0 Å². The Hall–Kier alpha value is -2.55. The Morgan fingerprint density at radius 3 is 2.90 bits per heavy atom. The molecule has 106 valence electrons. The second-order valence-electron chi connectivity index (χ2n) is 3.88. The first-order valence-corrected chi connectivity index (χ1v) is 7.10. The maximum Gasteiger partial charge on any atom is 0.257 e. The standard InChI is InChI=1S/C12H12N8S/c1-2-14-10-17-11(20-8-13-7-16-20)19-12(18-10)21-9-5-3-4-6-15-9/h3-8H,2H2,1H3,(H,14,17,18,19). The van der Waals surface area contributed by atoms with Crippen molar-refractivity contribution < 1.29 is 0 Å². The van der Waals surface area contributed by atoms with Gasteiger partial charge in [0.15, 0.2) is 0 Å². The highest BCUT2D eigenvalue weighted by Gasteiger charge is 2.10. The van der Waals surface area contributed by atoms with E-state index in [9.17, 15) is 0 Å². The van der Waals surface area contributed by atoms with Crippen molar-refractivity contribution >= 4 is 17.7 Å². The van der Waals surface area contributed by atoms with Crippen molar-refractivity contribution in [3.8, 4) is 5.95 Å². The monoisotopic (exact) mass is 300 g/mol. The maximum atomic E-state index is 4.37. The van der Waals surface area contributed by atoms with Gasteiger partial charge in [0, 0.05) is 12.7 Å². The molecule has 3 rings (SSSR count). The van der Waals surface area contributed by atoms with E-state index in [2.05, 4.69) is 35.3 Å². The number of pyridine rings is 1. The Kier molecular flexibility index (Phi) is 4.01. The molecular formula is C12H12N8S. The third kappa shape index (κ3) is 3.31. The number of nitrogens with one attached hydrogen (secondary N) is 1. The average molecular weight is 300 g/mol. The van der Waals surface area contributed by atoms with Crippen LogP contribution in [0, 0.1) is 0 Å². The van der Waals surface area contributed by atoms with Gasteiger partial charge in [0.05, 0.1) is 0 Å². The quantitative estimate of drug-likeness (QED) is 0.756. The zero-order valence-corrected chi connectivity index (χ0v) is 12.0. The highest BCUT2D eigenvalue weighted by molar-refractivity contribution is 7.99. The molecule has 8 nitrogen and oxygen atoms in total. The molecule has 1 N–H and O–H groups in total. The minimum absolute atomic E-state index is 0.414. The van der Waals surface area contributed by atoms with E-state index in [1.165, 1.54) is 22.8 Å². The van der Waals surface area contributed by atoms with Crippen molar-refractivity contribution in [3.63, 3.8) is 0 Å². The molecule has 0 aliphatic rings. The summed E-state index contributed by atoms with van der Waals surface area (Å²) in [5.74, 6) is 0.910. The minimum atomic E-state index is 0.414. The topological polar surface area (TPSA) is 94.3 Å². The maximum absolute atomic E-state index is 4.37. The average Bonchev–Trinajstić information content (AvgIpc) is 3.03. The number of anilines is 1. The summed E-state index contributed by atoms with van der Waals surface area (Å²) in [6.07, 6.45) is 4.70. The Bertz CT molecular complexity index is 701. The molecule has 0 saturated carbocycles. The fourth-order valence-corrected chi connectivity index (χ4v) is 2.25. The number of aromatic nitrogens is 7. The normalized spacial score (nSPS) is 10.5. The summed E-state index contributed by atoms with van der Waals surface area (Å²) in [4.78, 5) is 21.2. The lowest BCUT2D eigenvalue weighted by molar-refractivity contribution is 0.758. The summed E-state index contributed by atoms with van der Waals surface area (Å²) in [5, 5.41) is 8.48. The second-order valence-corrected chi connectivity index (χ2v) is 4.87. The van der Waals surface area contributed by atoms with Crippen LogP contribution in [-0.2, 0) is 0 Å². The molecule has 0 fully saturated rings. The van der Waals surface area contributed by atoms with Crippen molar-refractivity contribution in [2.45, 2.75) is 17.1 Å². The number of hydrogen-bond donors (Lipinski definition) is 1. The predicted molar refractivity (Wildman–Crippen MR) is 77.3 cm³/mol. The Balaban J connectivity index is 1.95. The molecule has 0 bridgehead atoms. The minimum Gasteiger partial charge on any atom is -0.354 e. The Morgan fingerprint density at radius 1 is 1.24 bits per heavy atom. The smallest absolute Gasteiger partial charge is 0.257 e. The van der Waals surface area contributed by atoms with Gasteiger partial charge in [0.25, 0.3) is 5.95 Å². The molecule has 3 heterocycles. The third-order valence-corrected chi connectivity index (χ3v) is 3.21. The van der Waals surface area contributed by atoms with Gasteiger partial charge >= 0.3 is 0 Å². The fraction of sp³-hybridized carbons (Fsp3) is 0.167. The van der Waals surface area contributed by atoms with Crippen LogP contribution in [0.15, 0.2) is 47.2 Å². The van der Waals surface area contributed by atoms with E-state index in [4.69, 9.17) is 0 Å². The molecule has 0 amide bonds. The SMILES string of the molecule is CCNc1nc(Sc2ccccn2)nc(-n2cncn2)n1. The largest absolute Gasteiger partial charge is 0.354 e. The summed E-state index contributed by atoms with van der Waals surface area (Å²) >= 11 is 1.36. The molecule has 0 aliphatic carbocycles. The van der Waals surface area contributed by atoms with Crippen LogP contribution in [-0.4, -0.2) is 41.2 Å². The van der Waals surface area contributed by atoms with Crippen molar-refractivity contribution in [3.05, 3.63) is 37.1 Å². The van der Waals surface area contributed by atoms with Crippen molar-refractivity contribution in [2.75, 3.05) is 11.9 Å². The van der Waals surface area contributed by atoms with E-state index in [1.54, 1.807) is 12.5 Å². The van der Waals surface area contributed by atoms with E-state index < -0.39 is 0 Å². The van der Waals surface area contributed by atoms with Gasteiger partial charge in [0.1, 0.15) is 17.7 Å². The first kappa shape index (κ1) is 13.4. The first-order valence-electron chi connectivity index (χ1n) is 6.29. The summed E-state index contributed by atoms with van der Waals surface area (Å²) in [6, 6.07) is 5.68. The van der Waals surface area contributed by atoms with Crippen LogP contribution in [0.1, 0.15) is 6.92 Å². The highest BCUT2D eigenvalue weighted by Crippen LogP contribution is 2.23. The zero-order chi connectivity index (χ0) is 14.5. The van der Waals surface area contributed by atoms with Gasteiger partial charge in [-0.3, -0.25) is 0 Å². The molecule has 0 unspecified atom stereocenters. The summed E-state index contributed by atoms with van der Waals surface area (Å²) in [5.41, 5.74) is 0. The molecule has 21 heavy (non-hydrogen) atoms. The molecule has 0 spiro atoms. The predicted octanol–water partition coefficient (Wildman–Crippen LogP) is 1.43. The Labute approximate surface area is 125 Å². The van der Waals surface area contributed by atoms with Crippen LogP contribution in [0.25, 0.3) is 5.95 Å². The van der Waals surface area contributed by atoms with E-state index in [0.29, 0.717) is 23.6 Å². The van der Waals surface area contributed by atoms with Crippen molar-refractivity contribution in [2.24, 2.45) is 0 Å². The van der Waals surface area contributed by atoms with Crippen molar-refractivity contribution in [1.29, 1.82) is 0 Å². The molecule has 0 saturated heterocycles. The van der Waals surface area contributed by atoms with E-state index >= 15 is 0 Å². The van der Waals surface area contributed by atoms with Gasteiger partial charge in [0.2, 0.25) is 11.1 Å². The molecule has 0 radical (unpaired) electrons. The van der Waals surface area contributed by atoms with E-state index in [0.717, 1.165) is 5.03 Å². The van der Waals surface area contributed by atoms with E-state index in [1.807, 2.05) is 25.1 Å². The summed E-state index contributed by atoms with van der Waals surface area (Å²) in [7, 11) is 0. The second kappa shape index (κ2) is 6.27. The highest BCUT2D eigenvalue weighted by atomic mass is 32.2. The lowest BCUT2D eigenvalue weighted by Crippen LogP contribution is -2.09. The van der Waals surface area contributed by atoms with Gasteiger partial charge in [-0.2, -0.15) is 24.7 Å². The van der Waals surface area contributed by atoms with Crippen LogP contribution in [0.4, 0.5) is 5.95 Å². The first-order chi connectivity index (χ1) is 10.3. The van der Waals surface area contributed by atoms with Gasteiger partial charge in [-0.25, -0.2) is 9.97 Å². The number of nitrogens with zero attached hydrogens (tertiary/aromatic N) is 7. The fourth-order valence-electron chi connectivity index (χ4n) is 1.54. The number of rotatable bonds is 5. The van der Waals surface area contributed by atoms with Gasteiger partial charge in [-0.1, -0.05) is 6.07 Å². The van der Waals surface area contributed by atoms with Crippen LogP contribution < -0.4 is 5.32 Å². The molecule has 0 aliphatic heterocycles. The molecule has 0 atom stereocenters. The molecule has 0 aromatic carbocycles. The van der Waals surface area contributed by atoms with Crippen LogP contribution in [0.5, 0.6) is 0 Å². The molecule has 3 aromatic rings. The number of hydrogen-bond acceptors (Lipinski definition) is 8. The van der Waals surface area contributed by atoms with Gasteiger partial charge in [-0.15, -0.1) is 0 Å². The van der Waals surface area contributed by atoms with Crippen molar-refractivity contribution in [1.82, 2.24) is 34.7 Å². The zero-order valence-electron chi connectivity index (χ0n) is 11.2. The van der Waals surface area contributed by atoms with Crippen LogP contribution in [0.2, 0.25) is 0 Å². The molecule has 3 aromatic heterocycles. The molecule has 9 heteroatoms. The summed E-state index contributed by atoms with van der Waals surface area (Å²) < 4.78 is 1.49.